The average Bonchev–Trinajstić information content (AvgIpc) is 2.46. The molecule has 8 heteroatoms. The maximum Gasteiger partial charge on any atom is 0.287 e. The summed E-state index contributed by atoms with van der Waals surface area (Å²) in [6.45, 7) is 0.871. The lowest BCUT2D eigenvalue weighted by atomic mass is 10.1. The molecule has 0 bridgehead atoms. The van der Waals surface area contributed by atoms with Crippen molar-refractivity contribution in [1.29, 1.82) is 0 Å². The Bertz CT molecular complexity index is 537. The van der Waals surface area contributed by atoms with Crippen LogP contribution < -0.4 is 0 Å². The Balaban J connectivity index is 2.17. The summed E-state index contributed by atoms with van der Waals surface area (Å²) in [6, 6.07) is 3.86. The number of carbonyl (C=O) groups excluding carboxylic acids is 1. The van der Waals surface area contributed by atoms with E-state index in [4.69, 9.17) is 21.4 Å². The van der Waals surface area contributed by atoms with Crippen molar-refractivity contribution in [3.8, 4) is 0 Å². The lowest BCUT2D eigenvalue weighted by Crippen LogP contribution is -2.46. The van der Waals surface area contributed by atoms with Crippen molar-refractivity contribution in [3.05, 3.63) is 38.9 Å². The van der Waals surface area contributed by atoms with Crippen LogP contribution in [-0.4, -0.2) is 53.2 Å². The summed E-state index contributed by atoms with van der Waals surface area (Å²) in [6.07, 6.45) is -0.402. The molecule has 1 aromatic rings. The van der Waals surface area contributed by atoms with E-state index in [2.05, 4.69) is 0 Å². The van der Waals surface area contributed by atoms with Gasteiger partial charge in [-0.05, 0) is 12.1 Å². The standard InChI is InChI=1S/C12H13ClN2O5/c13-10-5-8(1-2-11(10)15(18)19)12(17)14-3-4-20-9(6-14)7-16/h1-2,5,9,16H,3-4,6-7H2. The molecule has 0 saturated carbocycles. The van der Waals surface area contributed by atoms with E-state index < -0.39 is 11.0 Å². The second kappa shape index (κ2) is 6.17. The molecule has 0 aliphatic carbocycles. The third kappa shape index (κ3) is 3.06. The van der Waals surface area contributed by atoms with Crippen molar-refractivity contribution in [2.45, 2.75) is 6.10 Å². The maximum absolute atomic E-state index is 12.3. The molecule has 1 unspecified atom stereocenters. The number of hydrogen-bond donors (Lipinski definition) is 1. The molecule has 108 valence electrons. The Morgan fingerprint density at radius 3 is 2.95 bits per heavy atom. The van der Waals surface area contributed by atoms with E-state index in [1.165, 1.54) is 23.1 Å². The first kappa shape index (κ1) is 14.7. The number of aliphatic hydroxyl groups excluding tert-OH is 1. The van der Waals surface area contributed by atoms with Gasteiger partial charge in [0.25, 0.3) is 11.6 Å². The quantitative estimate of drug-likeness (QED) is 0.666. The Morgan fingerprint density at radius 1 is 1.60 bits per heavy atom. The van der Waals surface area contributed by atoms with Gasteiger partial charge in [-0.25, -0.2) is 0 Å². The fraction of sp³-hybridized carbons (Fsp3) is 0.417. The van der Waals surface area contributed by atoms with Crippen LogP contribution in [0.3, 0.4) is 0 Å². The summed E-state index contributed by atoms with van der Waals surface area (Å²) in [4.78, 5) is 23.8. The van der Waals surface area contributed by atoms with E-state index in [1.54, 1.807) is 0 Å². The number of benzene rings is 1. The molecule has 20 heavy (non-hydrogen) atoms. The largest absolute Gasteiger partial charge is 0.394 e. The molecule has 1 heterocycles. The monoisotopic (exact) mass is 300 g/mol. The number of nitrogens with zero attached hydrogens (tertiary/aromatic N) is 2. The molecule has 0 radical (unpaired) electrons. The highest BCUT2D eigenvalue weighted by atomic mass is 35.5. The predicted molar refractivity (Wildman–Crippen MR) is 70.8 cm³/mol. The first-order chi connectivity index (χ1) is 9.52. The van der Waals surface area contributed by atoms with Crippen LogP contribution in [0.5, 0.6) is 0 Å². The Morgan fingerprint density at radius 2 is 2.35 bits per heavy atom. The maximum atomic E-state index is 12.3. The zero-order valence-electron chi connectivity index (χ0n) is 10.5. The van der Waals surface area contributed by atoms with Gasteiger partial charge in [-0.1, -0.05) is 11.6 Å². The summed E-state index contributed by atoms with van der Waals surface area (Å²) in [5, 5.41) is 19.6. The summed E-state index contributed by atoms with van der Waals surface area (Å²) in [5.41, 5.74) is 0.0395. The molecule has 0 aromatic heterocycles. The number of morpholine rings is 1. The molecule has 1 aromatic carbocycles. The summed E-state index contributed by atoms with van der Waals surface area (Å²) < 4.78 is 5.26. The van der Waals surface area contributed by atoms with Crippen LogP contribution in [0.4, 0.5) is 5.69 Å². The smallest absolute Gasteiger partial charge is 0.287 e. The number of hydrogen-bond acceptors (Lipinski definition) is 5. The lowest BCUT2D eigenvalue weighted by molar-refractivity contribution is -0.384. The number of nitro groups is 1. The number of rotatable bonds is 3. The number of halogens is 1. The zero-order valence-corrected chi connectivity index (χ0v) is 11.2. The average molecular weight is 301 g/mol. The van der Waals surface area contributed by atoms with Crippen LogP contribution in [-0.2, 0) is 4.74 Å². The third-order valence-electron chi connectivity index (χ3n) is 3.02. The Hall–Kier alpha value is -1.70. The number of aliphatic hydroxyl groups is 1. The van der Waals surface area contributed by atoms with Gasteiger partial charge in [-0.3, -0.25) is 14.9 Å². The van der Waals surface area contributed by atoms with Gasteiger partial charge in [-0.15, -0.1) is 0 Å². The number of amides is 1. The molecule has 1 amide bonds. The van der Waals surface area contributed by atoms with Crippen LogP contribution in [0.1, 0.15) is 10.4 Å². The summed E-state index contributed by atoms with van der Waals surface area (Å²) >= 11 is 5.79. The molecule has 2 rings (SSSR count). The van der Waals surface area contributed by atoms with Crippen molar-refractivity contribution in [2.24, 2.45) is 0 Å². The van der Waals surface area contributed by atoms with Crippen LogP contribution >= 0.6 is 11.6 Å². The highest BCUT2D eigenvalue weighted by Gasteiger charge is 2.25. The van der Waals surface area contributed by atoms with E-state index in [0.29, 0.717) is 13.2 Å². The van der Waals surface area contributed by atoms with Crippen LogP contribution in [0.25, 0.3) is 0 Å². The van der Waals surface area contributed by atoms with Gasteiger partial charge in [0.05, 0.1) is 24.2 Å². The summed E-state index contributed by atoms with van der Waals surface area (Å²) in [7, 11) is 0. The molecule has 1 N–H and O–H groups in total. The third-order valence-corrected chi connectivity index (χ3v) is 3.32. The van der Waals surface area contributed by atoms with Gasteiger partial charge >= 0.3 is 0 Å². The van der Waals surface area contributed by atoms with Gasteiger partial charge in [0.1, 0.15) is 5.02 Å². The highest BCUT2D eigenvalue weighted by Crippen LogP contribution is 2.25. The molecular formula is C12H13ClN2O5. The van der Waals surface area contributed by atoms with Crippen molar-refractivity contribution >= 4 is 23.2 Å². The summed E-state index contributed by atoms with van der Waals surface area (Å²) in [5.74, 6) is -0.288. The molecule has 1 aliphatic heterocycles. The highest BCUT2D eigenvalue weighted by molar-refractivity contribution is 6.33. The van der Waals surface area contributed by atoms with Gasteiger partial charge in [0.15, 0.2) is 0 Å². The second-order valence-electron chi connectivity index (χ2n) is 4.35. The SMILES string of the molecule is O=C(c1ccc([N+](=O)[O-])c(Cl)c1)N1CCOC(CO)C1. The second-order valence-corrected chi connectivity index (χ2v) is 4.76. The molecule has 1 fully saturated rings. The molecular weight excluding hydrogens is 288 g/mol. The normalized spacial score (nSPS) is 18.9. The lowest BCUT2D eigenvalue weighted by Gasteiger charge is -2.32. The van der Waals surface area contributed by atoms with E-state index in [9.17, 15) is 14.9 Å². The molecule has 1 aliphatic rings. The van der Waals surface area contributed by atoms with Gasteiger partial charge in [-0.2, -0.15) is 0 Å². The van der Waals surface area contributed by atoms with Crippen LogP contribution in [0.15, 0.2) is 18.2 Å². The van der Waals surface area contributed by atoms with Crippen molar-refractivity contribution < 1.29 is 19.6 Å². The van der Waals surface area contributed by atoms with E-state index in [-0.39, 0.29) is 35.3 Å². The van der Waals surface area contributed by atoms with Crippen molar-refractivity contribution in [2.75, 3.05) is 26.3 Å². The Kier molecular flexibility index (Phi) is 4.53. The van der Waals surface area contributed by atoms with Crippen molar-refractivity contribution in [1.82, 2.24) is 4.90 Å². The van der Waals surface area contributed by atoms with E-state index in [0.717, 1.165) is 0 Å². The van der Waals surface area contributed by atoms with Gasteiger partial charge in [0.2, 0.25) is 0 Å². The molecule has 1 saturated heterocycles. The number of ether oxygens (including phenoxy) is 1. The molecule has 1 atom stereocenters. The molecule has 0 spiro atoms. The van der Waals surface area contributed by atoms with Gasteiger partial charge in [0, 0.05) is 24.7 Å². The van der Waals surface area contributed by atoms with E-state index in [1.807, 2.05) is 0 Å². The Labute approximate surface area is 119 Å². The first-order valence-corrected chi connectivity index (χ1v) is 6.36. The predicted octanol–water partition coefficient (Wildman–Crippen LogP) is 1.08. The fourth-order valence-electron chi connectivity index (χ4n) is 1.98. The van der Waals surface area contributed by atoms with Gasteiger partial charge < -0.3 is 14.7 Å². The fourth-order valence-corrected chi connectivity index (χ4v) is 2.23. The minimum Gasteiger partial charge on any atom is -0.394 e. The van der Waals surface area contributed by atoms with Crippen LogP contribution in [0.2, 0.25) is 5.02 Å². The van der Waals surface area contributed by atoms with Crippen molar-refractivity contribution in [3.63, 3.8) is 0 Å². The minimum atomic E-state index is -0.604. The first-order valence-electron chi connectivity index (χ1n) is 5.98. The van der Waals surface area contributed by atoms with Crippen LogP contribution in [0, 0.1) is 10.1 Å². The number of carbonyl (C=O) groups is 1. The topological polar surface area (TPSA) is 92.9 Å². The minimum absolute atomic E-state index is 0.0761. The number of nitro benzene ring substituents is 1. The molecule has 7 nitrogen and oxygen atoms in total. The zero-order chi connectivity index (χ0) is 14.7. The van der Waals surface area contributed by atoms with E-state index >= 15 is 0 Å².